The highest BCUT2D eigenvalue weighted by molar-refractivity contribution is 5.72. The summed E-state index contributed by atoms with van der Waals surface area (Å²) in [4.78, 5) is 21.2. The molecule has 0 aliphatic carbocycles. The zero-order chi connectivity index (χ0) is 23.8. The number of aryl methyl sites for hydroxylation is 2. The maximum atomic E-state index is 12.1. The highest BCUT2D eigenvalue weighted by Crippen LogP contribution is 2.20. The summed E-state index contributed by atoms with van der Waals surface area (Å²) in [6.45, 7) is 2.26. The lowest BCUT2D eigenvalue weighted by atomic mass is 10.1. The van der Waals surface area contributed by atoms with Crippen molar-refractivity contribution in [3.8, 4) is 17.1 Å². The van der Waals surface area contributed by atoms with Crippen LogP contribution in [-0.2, 0) is 17.6 Å². The molecule has 0 atom stereocenters. The second kappa shape index (κ2) is 15.0. The van der Waals surface area contributed by atoms with Crippen LogP contribution in [0, 0.1) is 0 Å². The van der Waals surface area contributed by atoms with Gasteiger partial charge in [0.05, 0.1) is 0 Å². The summed E-state index contributed by atoms with van der Waals surface area (Å²) in [7, 11) is 0. The molecule has 180 valence electrons. The molecule has 4 nitrogen and oxygen atoms in total. The third-order valence-electron chi connectivity index (χ3n) is 6.06. The quantitative estimate of drug-likeness (QED) is 0.133. The van der Waals surface area contributed by atoms with Crippen molar-refractivity contribution in [2.75, 3.05) is 0 Å². The predicted octanol–water partition coefficient (Wildman–Crippen LogP) is 7.76. The number of esters is 1. The van der Waals surface area contributed by atoms with Crippen molar-refractivity contribution in [1.29, 1.82) is 0 Å². The summed E-state index contributed by atoms with van der Waals surface area (Å²) < 4.78 is 5.47. The van der Waals surface area contributed by atoms with Crippen molar-refractivity contribution in [3.63, 3.8) is 0 Å². The Morgan fingerprint density at radius 3 is 2.00 bits per heavy atom. The van der Waals surface area contributed by atoms with Crippen molar-refractivity contribution in [3.05, 3.63) is 78.1 Å². The van der Waals surface area contributed by atoms with E-state index >= 15 is 0 Å². The van der Waals surface area contributed by atoms with Crippen LogP contribution >= 0.6 is 0 Å². The topological polar surface area (TPSA) is 52.1 Å². The van der Waals surface area contributed by atoms with Gasteiger partial charge in [0.25, 0.3) is 0 Å². The summed E-state index contributed by atoms with van der Waals surface area (Å²) in [5, 5.41) is 0. The molecule has 0 fully saturated rings. The van der Waals surface area contributed by atoms with Gasteiger partial charge in [-0.3, -0.25) is 4.79 Å². The SMILES string of the molecule is CCCCCCCCCCc1cnc(-c2ccc(OC(=O)CCCc3ccccc3)cc2)nc1. The number of hydrogen-bond donors (Lipinski definition) is 0. The average molecular weight is 459 g/mol. The molecule has 0 saturated heterocycles. The Bertz CT molecular complexity index is 953. The zero-order valence-electron chi connectivity index (χ0n) is 20.5. The molecule has 2 aromatic carbocycles. The third-order valence-corrected chi connectivity index (χ3v) is 6.06. The number of carbonyl (C=O) groups is 1. The van der Waals surface area contributed by atoms with Gasteiger partial charge in [-0.05, 0) is 61.1 Å². The zero-order valence-corrected chi connectivity index (χ0v) is 20.5. The van der Waals surface area contributed by atoms with Crippen molar-refractivity contribution in [2.45, 2.75) is 84.0 Å². The summed E-state index contributed by atoms with van der Waals surface area (Å²) in [5.74, 6) is 1.05. The molecule has 0 amide bonds. The van der Waals surface area contributed by atoms with E-state index in [2.05, 4.69) is 29.0 Å². The van der Waals surface area contributed by atoms with Crippen molar-refractivity contribution in [1.82, 2.24) is 9.97 Å². The fraction of sp³-hybridized carbons (Fsp3) is 0.433. The largest absolute Gasteiger partial charge is 0.427 e. The van der Waals surface area contributed by atoms with Gasteiger partial charge in [0.15, 0.2) is 5.82 Å². The molecule has 0 unspecified atom stereocenters. The number of unbranched alkanes of at least 4 members (excludes halogenated alkanes) is 7. The van der Waals surface area contributed by atoms with Crippen molar-refractivity contribution >= 4 is 5.97 Å². The van der Waals surface area contributed by atoms with E-state index in [9.17, 15) is 4.79 Å². The highest BCUT2D eigenvalue weighted by Gasteiger charge is 2.07. The van der Waals surface area contributed by atoms with Crippen LogP contribution in [0.1, 0.15) is 82.3 Å². The summed E-state index contributed by atoms with van der Waals surface area (Å²) in [5.41, 5.74) is 3.35. The molecule has 3 aromatic rings. The van der Waals surface area contributed by atoms with E-state index in [1.54, 1.807) is 0 Å². The van der Waals surface area contributed by atoms with Gasteiger partial charge in [0.2, 0.25) is 0 Å². The van der Waals surface area contributed by atoms with Gasteiger partial charge in [-0.15, -0.1) is 0 Å². The smallest absolute Gasteiger partial charge is 0.311 e. The Kier molecular flexibility index (Phi) is 11.3. The molecule has 0 saturated carbocycles. The molecule has 0 radical (unpaired) electrons. The van der Waals surface area contributed by atoms with E-state index in [0.29, 0.717) is 18.0 Å². The normalized spacial score (nSPS) is 10.9. The molecular formula is C30H38N2O2. The molecule has 0 aliphatic heterocycles. The van der Waals surface area contributed by atoms with Crippen LogP contribution in [0.2, 0.25) is 0 Å². The lowest BCUT2D eigenvalue weighted by molar-refractivity contribution is -0.134. The van der Waals surface area contributed by atoms with E-state index in [-0.39, 0.29) is 5.97 Å². The fourth-order valence-corrected chi connectivity index (χ4v) is 4.03. The van der Waals surface area contributed by atoms with Crippen LogP contribution in [0.5, 0.6) is 5.75 Å². The van der Waals surface area contributed by atoms with E-state index in [1.165, 1.54) is 62.5 Å². The highest BCUT2D eigenvalue weighted by atomic mass is 16.5. The first kappa shape index (κ1) is 25.6. The predicted molar refractivity (Wildman–Crippen MR) is 139 cm³/mol. The van der Waals surface area contributed by atoms with Gasteiger partial charge < -0.3 is 4.74 Å². The minimum absolute atomic E-state index is 0.203. The minimum Gasteiger partial charge on any atom is -0.427 e. The van der Waals surface area contributed by atoms with Gasteiger partial charge in [-0.1, -0.05) is 82.2 Å². The molecule has 4 heteroatoms. The van der Waals surface area contributed by atoms with Crippen molar-refractivity contribution < 1.29 is 9.53 Å². The van der Waals surface area contributed by atoms with E-state index < -0.39 is 0 Å². The molecule has 0 N–H and O–H groups in total. The number of ether oxygens (including phenoxy) is 1. The third kappa shape index (κ3) is 9.46. The number of benzene rings is 2. The molecule has 0 spiro atoms. The van der Waals surface area contributed by atoms with Crippen LogP contribution in [0.3, 0.4) is 0 Å². The minimum atomic E-state index is -0.203. The molecule has 1 heterocycles. The molecule has 1 aromatic heterocycles. The van der Waals surface area contributed by atoms with Crippen LogP contribution in [0.15, 0.2) is 67.0 Å². The van der Waals surface area contributed by atoms with Gasteiger partial charge >= 0.3 is 5.97 Å². The monoisotopic (exact) mass is 458 g/mol. The Hall–Kier alpha value is -3.01. The first-order valence-electron chi connectivity index (χ1n) is 12.9. The van der Waals surface area contributed by atoms with Crippen molar-refractivity contribution in [2.24, 2.45) is 0 Å². The second-order valence-electron chi connectivity index (χ2n) is 8.98. The Morgan fingerprint density at radius 1 is 0.706 bits per heavy atom. The summed E-state index contributed by atoms with van der Waals surface area (Å²) in [6.07, 6.45) is 17.5. The Balaban J connectivity index is 1.36. The van der Waals surface area contributed by atoms with Gasteiger partial charge in [-0.2, -0.15) is 0 Å². The molecule has 0 bridgehead atoms. The van der Waals surface area contributed by atoms with Gasteiger partial charge in [0, 0.05) is 24.4 Å². The van der Waals surface area contributed by atoms with E-state index in [1.807, 2.05) is 54.9 Å². The maximum absolute atomic E-state index is 12.1. The Morgan fingerprint density at radius 2 is 1.32 bits per heavy atom. The lowest BCUT2D eigenvalue weighted by Gasteiger charge is -2.06. The van der Waals surface area contributed by atoms with Crippen LogP contribution in [0.25, 0.3) is 11.4 Å². The standard InChI is InChI=1S/C30H38N2O2/c1-2-3-4-5-6-7-8-10-16-26-23-31-30(32-24-26)27-19-21-28(22-20-27)34-29(33)18-13-17-25-14-11-9-12-15-25/h9,11-12,14-15,19-24H,2-8,10,13,16-18H2,1H3. The first-order valence-corrected chi connectivity index (χ1v) is 12.9. The van der Waals surface area contributed by atoms with Gasteiger partial charge in [-0.25, -0.2) is 9.97 Å². The lowest BCUT2D eigenvalue weighted by Crippen LogP contribution is -2.08. The van der Waals surface area contributed by atoms with Crippen LogP contribution in [0.4, 0.5) is 0 Å². The number of hydrogen-bond acceptors (Lipinski definition) is 4. The molecule has 0 aliphatic rings. The Labute approximate surface area is 204 Å². The van der Waals surface area contributed by atoms with Gasteiger partial charge in [0.1, 0.15) is 5.75 Å². The van der Waals surface area contributed by atoms with Crippen LogP contribution < -0.4 is 4.74 Å². The van der Waals surface area contributed by atoms with E-state index in [0.717, 1.165) is 24.8 Å². The number of rotatable bonds is 15. The number of nitrogens with zero attached hydrogens (tertiary/aromatic N) is 2. The molecule has 34 heavy (non-hydrogen) atoms. The number of aromatic nitrogens is 2. The second-order valence-corrected chi connectivity index (χ2v) is 8.98. The maximum Gasteiger partial charge on any atom is 0.311 e. The average Bonchev–Trinajstić information content (AvgIpc) is 2.87. The van der Waals surface area contributed by atoms with Crippen LogP contribution in [-0.4, -0.2) is 15.9 Å². The summed E-state index contributed by atoms with van der Waals surface area (Å²) in [6, 6.07) is 17.6. The fourth-order valence-electron chi connectivity index (χ4n) is 4.03. The first-order chi connectivity index (χ1) is 16.7. The molecular weight excluding hydrogens is 420 g/mol. The molecule has 3 rings (SSSR count). The summed E-state index contributed by atoms with van der Waals surface area (Å²) >= 11 is 0. The number of carbonyl (C=O) groups excluding carboxylic acids is 1. The van der Waals surface area contributed by atoms with E-state index in [4.69, 9.17) is 4.74 Å².